The molecule has 0 bridgehead atoms. The van der Waals surface area contributed by atoms with Crippen LogP contribution in [0.25, 0.3) is 0 Å². The van der Waals surface area contributed by atoms with Crippen LogP contribution in [-0.4, -0.2) is 42.1 Å². The van der Waals surface area contributed by atoms with E-state index in [4.69, 9.17) is 14.2 Å². The summed E-state index contributed by atoms with van der Waals surface area (Å²) in [5.74, 6) is -0.0290. The number of nitrogens with one attached hydrogen (secondary N) is 1. The van der Waals surface area contributed by atoms with E-state index in [1.54, 1.807) is 6.92 Å². The van der Waals surface area contributed by atoms with E-state index < -0.39 is 5.97 Å². The van der Waals surface area contributed by atoms with Gasteiger partial charge in [0, 0.05) is 12.8 Å². The molecule has 0 aliphatic carbocycles. The van der Waals surface area contributed by atoms with Crippen LogP contribution in [0.3, 0.4) is 0 Å². The summed E-state index contributed by atoms with van der Waals surface area (Å²) in [5, 5.41) is 6.49. The first-order valence-corrected chi connectivity index (χ1v) is 5.76. The zero-order chi connectivity index (χ0) is 12.1. The Bertz CT molecular complexity index is 371. The van der Waals surface area contributed by atoms with Crippen LogP contribution >= 0.6 is 0 Å². The molecule has 0 spiro atoms. The highest BCUT2D eigenvalue weighted by Crippen LogP contribution is 2.20. The minimum absolute atomic E-state index is 0.0670. The lowest BCUT2D eigenvalue weighted by molar-refractivity contribution is 0.0225. The third-order valence-corrected chi connectivity index (χ3v) is 2.55. The van der Waals surface area contributed by atoms with Crippen LogP contribution in [0.5, 0.6) is 5.88 Å². The fourth-order valence-electron chi connectivity index (χ4n) is 1.68. The molecule has 1 aromatic rings. The molecule has 0 saturated carbocycles. The lowest BCUT2D eigenvalue weighted by Gasteiger charge is -2.22. The summed E-state index contributed by atoms with van der Waals surface area (Å²) < 4.78 is 15.8. The Hall–Kier alpha value is -1.56. The van der Waals surface area contributed by atoms with Gasteiger partial charge in [-0.05, 0) is 6.92 Å². The van der Waals surface area contributed by atoms with Crippen molar-refractivity contribution in [2.24, 2.45) is 0 Å². The van der Waals surface area contributed by atoms with E-state index in [1.165, 1.54) is 6.20 Å². The third kappa shape index (κ3) is 2.97. The number of carbonyl (C=O) groups is 1. The first-order chi connectivity index (χ1) is 8.31. The van der Waals surface area contributed by atoms with Crippen molar-refractivity contribution in [3.05, 3.63) is 11.8 Å². The highest BCUT2D eigenvalue weighted by Gasteiger charge is 2.21. The third-order valence-electron chi connectivity index (χ3n) is 2.55. The Morgan fingerprint density at radius 1 is 1.59 bits per heavy atom. The molecule has 1 N–H and O–H groups in total. The summed E-state index contributed by atoms with van der Waals surface area (Å²) in [5.41, 5.74) is 0.346. The number of H-pyrrole nitrogens is 1. The van der Waals surface area contributed by atoms with Crippen molar-refractivity contribution in [1.82, 2.24) is 10.2 Å². The minimum Gasteiger partial charge on any atom is -0.474 e. The second-order valence-corrected chi connectivity index (χ2v) is 3.76. The van der Waals surface area contributed by atoms with Gasteiger partial charge in [0.05, 0.1) is 26.0 Å². The Labute approximate surface area is 99.2 Å². The van der Waals surface area contributed by atoms with E-state index in [2.05, 4.69) is 10.2 Å². The van der Waals surface area contributed by atoms with Crippen LogP contribution in [0.2, 0.25) is 0 Å². The number of aromatic nitrogens is 2. The molecule has 1 fully saturated rings. The van der Waals surface area contributed by atoms with Gasteiger partial charge in [-0.2, -0.15) is 5.10 Å². The summed E-state index contributed by atoms with van der Waals surface area (Å²) in [4.78, 5) is 11.6. The molecular weight excluding hydrogens is 224 g/mol. The standard InChI is InChI=1S/C11H16N2O4/c1-2-16-11(14)9-7-12-13-10(9)17-8-3-5-15-6-4-8/h7-8H,2-6H2,1H3,(H,12,13). The van der Waals surface area contributed by atoms with Gasteiger partial charge in [0.25, 0.3) is 0 Å². The van der Waals surface area contributed by atoms with Crippen molar-refractivity contribution in [3.8, 4) is 5.88 Å². The van der Waals surface area contributed by atoms with Gasteiger partial charge in [-0.3, -0.25) is 0 Å². The summed E-state index contributed by atoms with van der Waals surface area (Å²) in [7, 11) is 0. The lowest BCUT2D eigenvalue weighted by Crippen LogP contribution is -2.26. The molecule has 0 radical (unpaired) electrons. The second-order valence-electron chi connectivity index (χ2n) is 3.76. The van der Waals surface area contributed by atoms with Gasteiger partial charge in [0.2, 0.25) is 5.88 Å². The quantitative estimate of drug-likeness (QED) is 0.799. The number of hydrogen-bond acceptors (Lipinski definition) is 5. The molecule has 2 heterocycles. The molecule has 17 heavy (non-hydrogen) atoms. The normalized spacial score (nSPS) is 16.8. The van der Waals surface area contributed by atoms with Crippen molar-refractivity contribution < 1.29 is 19.0 Å². The first-order valence-electron chi connectivity index (χ1n) is 5.76. The smallest absolute Gasteiger partial charge is 0.345 e. The number of ether oxygens (including phenoxy) is 3. The second kappa shape index (κ2) is 5.67. The molecule has 6 nitrogen and oxygen atoms in total. The van der Waals surface area contributed by atoms with Gasteiger partial charge < -0.3 is 14.2 Å². The monoisotopic (exact) mass is 240 g/mol. The number of aromatic amines is 1. The van der Waals surface area contributed by atoms with Crippen LogP contribution in [0.15, 0.2) is 6.20 Å². The Morgan fingerprint density at radius 2 is 2.35 bits per heavy atom. The van der Waals surface area contributed by atoms with Gasteiger partial charge in [-0.15, -0.1) is 0 Å². The van der Waals surface area contributed by atoms with E-state index >= 15 is 0 Å². The van der Waals surface area contributed by atoms with E-state index in [1.807, 2.05) is 0 Å². The largest absolute Gasteiger partial charge is 0.474 e. The number of hydrogen-bond donors (Lipinski definition) is 1. The Morgan fingerprint density at radius 3 is 3.06 bits per heavy atom. The van der Waals surface area contributed by atoms with E-state index in [9.17, 15) is 4.79 Å². The van der Waals surface area contributed by atoms with E-state index in [0.29, 0.717) is 31.3 Å². The minimum atomic E-state index is -0.414. The predicted molar refractivity (Wildman–Crippen MR) is 59.0 cm³/mol. The molecule has 1 aliphatic rings. The fraction of sp³-hybridized carbons (Fsp3) is 0.636. The molecule has 0 atom stereocenters. The SMILES string of the molecule is CCOC(=O)c1cn[nH]c1OC1CCOCC1. The van der Waals surface area contributed by atoms with Gasteiger partial charge in [0.1, 0.15) is 11.7 Å². The molecular formula is C11H16N2O4. The molecule has 1 aromatic heterocycles. The van der Waals surface area contributed by atoms with E-state index in [0.717, 1.165) is 12.8 Å². The van der Waals surface area contributed by atoms with Crippen LogP contribution in [0.1, 0.15) is 30.1 Å². The molecule has 0 amide bonds. The van der Waals surface area contributed by atoms with Crippen LogP contribution in [0, 0.1) is 0 Å². The van der Waals surface area contributed by atoms with Crippen LogP contribution in [0.4, 0.5) is 0 Å². The number of nitrogens with zero attached hydrogens (tertiary/aromatic N) is 1. The topological polar surface area (TPSA) is 73.4 Å². The molecule has 1 aliphatic heterocycles. The zero-order valence-electron chi connectivity index (χ0n) is 9.77. The van der Waals surface area contributed by atoms with Crippen LogP contribution in [-0.2, 0) is 9.47 Å². The van der Waals surface area contributed by atoms with Gasteiger partial charge in [-0.25, -0.2) is 9.89 Å². The van der Waals surface area contributed by atoms with Crippen molar-refractivity contribution in [3.63, 3.8) is 0 Å². The summed E-state index contributed by atoms with van der Waals surface area (Å²) in [6.45, 7) is 3.47. The van der Waals surface area contributed by atoms with Crippen LogP contribution < -0.4 is 4.74 Å². The highest BCUT2D eigenvalue weighted by atomic mass is 16.5. The maximum atomic E-state index is 11.6. The van der Waals surface area contributed by atoms with Crippen molar-refractivity contribution in [2.75, 3.05) is 19.8 Å². The Kier molecular flexibility index (Phi) is 3.98. The lowest BCUT2D eigenvalue weighted by atomic mass is 10.1. The maximum absolute atomic E-state index is 11.6. The first kappa shape index (κ1) is 11.9. The predicted octanol–water partition coefficient (Wildman–Crippen LogP) is 1.14. The summed E-state index contributed by atoms with van der Waals surface area (Å²) in [6.07, 6.45) is 3.13. The van der Waals surface area contributed by atoms with Gasteiger partial charge >= 0.3 is 5.97 Å². The number of esters is 1. The molecule has 6 heteroatoms. The van der Waals surface area contributed by atoms with Crippen molar-refractivity contribution in [2.45, 2.75) is 25.9 Å². The highest BCUT2D eigenvalue weighted by molar-refractivity contribution is 5.91. The van der Waals surface area contributed by atoms with Gasteiger partial charge in [-0.1, -0.05) is 0 Å². The number of carbonyl (C=O) groups excluding carboxylic acids is 1. The fourth-order valence-corrected chi connectivity index (χ4v) is 1.68. The molecule has 94 valence electrons. The summed E-state index contributed by atoms with van der Waals surface area (Å²) in [6, 6.07) is 0. The average molecular weight is 240 g/mol. The summed E-state index contributed by atoms with van der Waals surface area (Å²) >= 11 is 0. The van der Waals surface area contributed by atoms with Crippen molar-refractivity contribution in [1.29, 1.82) is 0 Å². The van der Waals surface area contributed by atoms with E-state index in [-0.39, 0.29) is 6.10 Å². The number of rotatable bonds is 4. The molecule has 0 aromatic carbocycles. The maximum Gasteiger partial charge on any atom is 0.345 e. The average Bonchev–Trinajstić information content (AvgIpc) is 2.79. The Balaban J connectivity index is 2.00. The molecule has 2 rings (SSSR count). The zero-order valence-corrected chi connectivity index (χ0v) is 9.77. The molecule has 1 saturated heterocycles. The molecule has 0 unspecified atom stereocenters. The van der Waals surface area contributed by atoms with Crippen molar-refractivity contribution >= 4 is 5.97 Å². The van der Waals surface area contributed by atoms with Gasteiger partial charge in [0.15, 0.2) is 0 Å².